The number of hydrogen-bond acceptors (Lipinski definition) is 3. The molecular weight excluding hydrogens is 248 g/mol. The predicted molar refractivity (Wildman–Crippen MR) is 71.0 cm³/mol. The van der Waals surface area contributed by atoms with Gasteiger partial charge >= 0.3 is 0 Å². The van der Waals surface area contributed by atoms with Gasteiger partial charge in [-0.25, -0.2) is 8.42 Å². The number of hydrogen-bond donors (Lipinski definition) is 1. The second-order valence-corrected chi connectivity index (χ2v) is 5.86. The Morgan fingerprint density at radius 2 is 1.83 bits per heavy atom. The molecule has 0 bridgehead atoms. The van der Waals surface area contributed by atoms with Crippen molar-refractivity contribution in [2.75, 3.05) is 4.72 Å². The molecule has 0 saturated heterocycles. The topological polar surface area (TPSA) is 59.1 Å². The minimum absolute atomic E-state index is 0.254. The van der Waals surface area contributed by atoms with Crippen molar-refractivity contribution in [3.8, 4) is 0 Å². The van der Waals surface area contributed by atoms with Crippen LogP contribution < -0.4 is 4.72 Å². The van der Waals surface area contributed by atoms with E-state index >= 15 is 0 Å². The fraction of sp³-hybridized carbons (Fsp3) is 0.154. The van der Waals surface area contributed by atoms with E-state index in [4.69, 9.17) is 0 Å². The number of benzene rings is 1. The number of nitrogens with zero attached hydrogens (tertiary/aromatic N) is 1. The molecule has 1 N–H and O–H groups in total. The summed E-state index contributed by atoms with van der Waals surface area (Å²) in [6.45, 7) is 3.71. The van der Waals surface area contributed by atoms with Crippen LogP contribution in [0.1, 0.15) is 11.1 Å². The Morgan fingerprint density at radius 1 is 1.06 bits per heavy atom. The highest BCUT2D eigenvalue weighted by Crippen LogP contribution is 2.16. The molecule has 2 rings (SSSR count). The van der Waals surface area contributed by atoms with E-state index in [1.807, 2.05) is 19.9 Å². The predicted octanol–water partition coefficient (Wildman–Crippen LogP) is 2.50. The van der Waals surface area contributed by atoms with Gasteiger partial charge in [0.05, 0.1) is 16.8 Å². The van der Waals surface area contributed by atoms with Crippen molar-refractivity contribution in [3.63, 3.8) is 0 Å². The first-order valence-corrected chi connectivity index (χ1v) is 6.97. The third-order valence-electron chi connectivity index (χ3n) is 2.43. The monoisotopic (exact) mass is 262 g/mol. The van der Waals surface area contributed by atoms with Gasteiger partial charge in [0.2, 0.25) is 0 Å². The molecule has 0 aliphatic carbocycles. The molecule has 0 aliphatic rings. The normalized spacial score (nSPS) is 11.2. The van der Waals surface area contributed by atoms with Crippen LogP contribution in [0.2, 0.25) is 0 Å². The lowest BCUT2D eigenvalue weighted by Crippen LogP contribution is -2.13. The van der Waals surface area contributed by atoms with Crippen LogP contribution in [0.15, 0.2) is 47.6 Å². The molecule has 0 radical (unpaired) electrons. The molecule has 0 amide bonds. The number of sulfonamides is 1. The Kier molecular flexibility index (Phi) is 3.34. The van der Waals surface area contributed by atoms with E-state index in [1.54, 1.807) is 30.5 Å². The molecule has 4 nitrogen and oxygen atoms in total. The smallest absolute Gasteiger partial charge is 0.261 e. The zero-order chi connectivity index (χ0) is 13.2. The van der Waals surface area contributed by atoms with Gasteiger partial charge in [-0.15, -0.1) is 0 Å². The number of rotatable bonds is 3. The summed E-state index contributed by atoms with van der Waals surface area (Å²) in [6.07, 6.45) is 3.16. The Morgan fingerprint density at radius 3 is 2.50 bits per heavy atom. The molecule has 1 aromatic heterocycles. The molecule has 18 heavy (non-hydrogen) atoms. The highest BCUT2D eigenvalue weighted by atomic mass is 32.2. The zero-order valence-electron chi connectivity index (χ0n) is 10.2. The second kappa shape index (κ2) is 4.78. The number of anilines is 1. The van der Waals surface area contributed by atoms with Gasteiger partial charge in [0.15, 0.2) is 0 Å². The van der Waals surface area contributed by atoms with Crippen LogP contribution in [0.4, 0.5) is 5.69 Å². The van der Waals surface area contributed by atoms with E-state index in [0.717, 1.165) is 11.1 Å². The third kappa shape index (κ3) is 2.87. The first kappa shape index (κ1) is 12.6. The van der Waals surface area contributed by atoms with Gasteiger partial charge in [0.25, 0.3) is 10.0 Å². The Bertz CT molecular complexity index is 666. The van der Waals surface area contributed by atoms with E-state index in [9.17, 15) is 8.42 Å². The minimum atomic E-state index is -3.54. The van der Waals surface area contributed by atoms with Crippen LogP contribution in [-0.4, -0.2) is 13.4 Å². The zero-order valence-corrected chi connectivity index (χ0v) is 11.0. The van der Waals surface area contributed by atoms with Gasteiger partial charge in [0.1, 0.15) is 0 Å². The Balaban J connectivity index is 2.33. The van der Waals surface area contributed by atoms with Crippen LogP contribution in [-0.2, 0) is 10.0 Å². The highest BCUT2D eigenvalue weighted by Gasteiger charge is 2.14. The average molecular weight is 262 g/mol. The van der Waals surface area contributed by atoms with Gasteiger partial charge in [-0.2, -0.15) is 0 Å². The van der Waals surface area contributed by atoms with E-state index in [1.165, 1.54) is 6.20 Å². The van der Waals surface area contributed by atoms with Gasteiger partial charge < -0.3 is 0 Å². The van der Waals surface area contributed by atoms with Crippen molar-refractivity contribution in [3.05, 3.63) is 53.9 Å². The lowest BCUT2D eigenvalue weighted by Gasteiger charge is -2.08. The molecule has 5 heteroatoms. The van der Waals surface area contributed by atoms with Gasteiger partial charge in [0, 0.05) is 6.20 Å². The number of pyridine rings is 1. The number of nitrogens with one attached hydrogen (secondary N) is 1. The second-order valence-electron chi connectivity index (χ2n) is 4.17. The minimum Gasteiger partial charge on any atom is -0.278 e. The number of aromatic nitrogens is 1. The average Bonchev–Trinajstić information content (AvgIpc) is 2.28. The molecule has 0 fully saturated rings. The summed E-state index contributed by atoms with van der Waals surface area (Å²) in [4.78, 5) is 4.21. The highest BCUT2D eigenvalue weighted by molar-refractivity contribution is 7.92. The first-order valence-electron chi connectivity index (χ1n) is 5.48. The van der Waals surface area contributed by atoms with E-state index in [2.05, 4.69) is 9.71 Å². The van der Waals surface area contributed by atoms with Crippen molar-refractivity contribution in [1.82, 2.24) is 4.98 Å². The fourth-order valence-electron chi connectivity index (χ4n) is 1.61. The van der Waals surface area contributed by atoms with Crippen molar-refractivity contribution in [2.45, 2.75) is 18.7 Å². The summed E-state index contributed by atoms with van der Waals surface area (Å²) in [5, 5.41) is 0. The van der Waals surface area contributed by atoms with Crippen LogP contribution >= 0.6 is 0 Å². The van der Waals surface area contributed by atoms with Crippen molar-refractivity contribution >= 4 is 15.7 Å². The first-order chi connectivity index (χ1) is 8.47. The molecule has 0 saturated carbocycles. The van der Waals surface area contributed by atoms with Gasteiger partial charge in [-0.05, 0) is 43.2 Å². The largest absolute Gasteiger partial charge is 0.278 e. The molecule has 94 valence electrons. The maximum atomic E-state index is 12.1. The Hall–Kier alpha value is -1.88. The summed E-state index contributed by atoms with van der Waals surface area (Å²) >= 11 is 0. The summed E-state index contributed by atoms with van der Waals surface area (Å²) in [7, 11) is -3.54. The lowest BCUT2D eigenvalue weighted by atomic mass is 10.2. The molecular formula is C13H14N2O2S. The molecule has 2 aromatic rings. The van der Waals surface area contributed by atoms with E-state index in [0.29, 0.717) is 5.69 Å². The summed E-state index contributed by atoms with van der Waals surface area (Å²) in [5.74, 6) is 0. The molecule has 0 atom stereocenters. The molecule has 1 aromatic carbocycles. The van der Waals surface area contributed by atoms with Crippen LogP contribution in [0.25, 0.3) is 0 Å². The summed E-state index contributed by atoms with van der Waals surface area (Å²) in [6, 6.07) is 8.51. The standard InChI is InChI=1S/C13H14N2O2S/c1-10-4-3-5-13(7-10)18(16,17)15-12-6-11(2)8-14-9-12/h3-9,15H,1-2H3. The maximum absolute atomic E-state index is 12.1. The van der Waals surface area contributed by atoms with E-state index in [-0.39, 0.29) is 4.90 Å². The third-order valence-corrected chi connectivity index (χ3v) is 3.81. The molecule has 1 heterocycles. The van der Waals surface area contributed by atoms with Crippen LogP contribution in [0.5, 0.6) is 0 Å². The maximum Gasteiger partial charge on any atom is 0.261 e. The Labute approximate surface area is 107 Å². The van der Waals surface area contributed by atoms with Crippen molar-refractivity contribution < 1.29 is 8.42 Å². The van der Waals surface area contributed by atoms with Crippen molar-refractivity contribution in [1.29, 1.82) is 0 Å². The van der Waals surface area contributed by atoms with Crippen molar-refractivity contribution in [2.24, 2.45) is 0 Å². The fourth-order valence-corrected chi connectivity index (χ4v) is 2.75. The summed E-state index contributed by atoms with van der Waals surface area (Å²) < 4.78 is 26.8. The van der Waals surface area contributed by atoms with Crippen LogP contribution in [0.3, 0.4) is 0 Å². The summed E-state index contributed by atoms with van der Waals surface area (Å²) in [5.41, 5.74) is 2.27. The number of aryl methyl sites for hydroxylation is 2. The molecule has 0 spiro atoms. The molecule has 0 unspecified atom stereocenters. The lowest BCUT2D eigenvalue weighted by molar-refractivity contribution is 0.601. The SMILES string of the molecule is Cc1cncc(NS(=O)(=O)c2cccc(C)c2)c1. The van der Waals surface area contributed by atoms with Gasteiger partial charge in [-0.3, -0.25) is 9.71 Å². The molecule has 0 aliphatic heterocycles. The van der Waals surface area contributed by atoms with Gasteiger partial charge in [-0.1, -0.05) is 12.1 Å². The van der Waals surface area contributed by atoms with Crippen LogP contribution in [0, 0.1) is 13.8 Å². The quantitative estimate of drug-likeness (QED) is 0.924. The van der Waals surface area contributed by atoms with E-state index < -0.39 is 10.0 Å².